The lowest BCUT2D eigenvalue weighted by molar-refractivity contribution is 0.595. The van der Waals surface area contributed by atoms with Gasteiger partial charge in [-0.05, 0) is 30.3 Å². The summed E-state index contributed by atoms with van der Waals surface area (Å²) in [6.07, 6.45) is 0. The van der Waals surface area contributed by atoms with E-state index in [0.29, 0.717) is 10.2 Å². The van der Waals surface area contributed by atoms with E-state index in [1.165, 1.54) is 0 Å². The van der Waals surface area contributed by atoms with Gasteiger partial charge in [-0.3, -0.25) is 4.72 Å². The third-order valence-corrected chi connectivity index (χ3v) is 5.06. The van der Waals surface area contributed by atoms with Crippen molar-refractivity contribution in [2.45, 2.75) is 4.90 Å². The third kappa shape index (κ3) is 3.25. The van der Waals surface area contributed by atoms with Crippen molar-refractivity contribution in [3.05, 3.63) is 56.7 Å². The zero-order valence-corrected chi connectivity index (χ0v) is 13.6. The van der Waals surface area contributed by atoms with E-state index in [4.69, 9.17) is 23.2 Å². The van der Waals surface area contributed by atoms with Gasteiger partial charge < -0.3 is 0 Å². The molecule has 0 saturated heterocycles. The fourth-order valence-electron chi connectivity index (χ4n) is 1.48. The van der Waals surface area contributed by atoms with Gasteiger partial charge in [0.1, 0.15) is 4.90 Å². The molecule has 0 radical (unpaired) electrons. The molecule has 0 aliphatic heterocycles. The fraction of sp³-hybridized carbons (Fsp3) is 0. The minimum atomic E-state index is -4.00. The fourth-order valence-corrected chi connectivity index (χ4v) is 3.67. The molecule has 2 rings (SSSR count). The molecule has 20 heavy (non-hydrogen) atoms. The molecule has 0 amide bonds. The first kappa shape index (κ1) is 15.6. The molecule has 106 valence electrons. The molecule has 0 atom stereocenters. The molecule has 0 unspecified atom stereocenters. The summed E-state index contributed by atoms with van der Waals surface area (Å²) in [5, 5.41) is -0.781. The van der Waals surface area contributed by atoms with Crippen LogP contribution in [0.5, 0.6) is 0 Å². The normalized spacial score (nSPS) is 11.4. The molecule has 0 bridgehead atoms. The van der Waals surface area contributed by atoms with E-state index in [9.17, 15) is 12.8 Å². The smallest absolute Gasteiger partial charge is 0.263 e. The van der Waals surface area contributed by atoms with Crippen LogP contribution >= 0.6 is 39.1 Å². The van der Waals surface area contributed by atoms with Crippen LogP contribution in [0.2, 0.25) is 10.0 Å². The Kier molecular flexibility index (Phi) is 4.59. The van der Waals surface area contributed by atoms with Gasteiger partial charge in [0.15, 0.2) is 5.82 Å². The van der Waals surface area contributed by atoms with Crippen LogP contribution in [0.15, 0.2) is 45.8 Å². The van der Waals surface area contributed by atoms with Crippen molar-refractivity contribution in [3.8, 4) is 0 Å². The third-order valence-electron chi connectivity index (χ3n) is 2.37. The second-order valence-electron chi connectivity index (χ2n) is 3.79. The summed E-state index contributed by atoms with van der Waals surface area (Å²) in [4.78, 5) is -0.374. The molecular formula is C12H7BrCl2FNO2S. The average Bonchev–Trinajstić information content (AvgIpc) is 2.35. The molecule has 2 aromatic rings. The van der Waals surface area contributed by atoms with Gasteiger partial charge >= 0.3 is 0 Å². The Labute approximate surface area is 133 Å². The van der Waals surface area contributed by atoms with E-state index in [0.717, 1.165) is 12.1 Å². The first-order chi connectivity index (χ1) is 9.31. The molecule has 0 spiro atoms. The Morgan fingerprint density at radius 2 is 1.85 bits per heavy atom. The molecule has 1 N–H and O–H groups in total. The number of nitrogens with one attached hydrogen (secondary N) is 1. The van der Waals surface area contributed by atoms with E-state index < -0.39 is 20.9 Å². The first-order valence-corrected chi connectivity index (χ1v) is 8.26. The zero-order chi connectivity index (χ0) is 14.9. The van der Waals surface area contributed by atoms with E-state index in [1.807, 2.05) is 0 Å². The molecule has 0 aliphatic rings. The monoisotopic (exact) mass is 397 g/mol. The van der Waals surface area contributed by atoms with E-state index in [2.05, 4.69) is 20.7 Å². The van der Waals surface area contributed by atoms with Gasteiger partial charge in [-0.2, -0.15) is 0 Å². The van der Waals surface area contributed by atoms with Crippen LogP contribution in [0.1, 0.15) is 0 Å². The molecule has 0 heterocycles. The maximum atomic E-state index is 13.6. The van der Waals surface area contributed by atoms with Crippen molar-refractivity contribution >= 4 is 54.8 Å². The number of hydrogen-bond donors (Lipinski definition) is 1. The zero-order valence-electron chi connectivity index (χ0n) is 9.70. The molecule has 0 aliphatic carbocycles. The van der Waals surface area contributed by atoms with Crippen LogP contribution in [-0.4, -0.2) is 8.42 Å². The Bertz CT molecular complexity index is 768. The minimum absolute atomic E-state index is 0.239. The van der Waals surface area contributed by atoms with Crippen molar-refractivity contribution in [1.29, 1.82) is 0 Å². The Balaban J connectivity index is 2.44. The van der Waals surface area contributed by atoms with E-state index in [-0.39, 0.29) is 9.92 Å². The highest BCUT2D eigenvalue weighted by molar-refractivity contribution is 9.10. The number of hydrogen-bond acceptors (Lipinski definition) is 2. The molecule has 2 aromatic carbocycles. The quantitative estimate of drug-likeness (QED) is 0.762. The van der Waals surface area contributed by atoms with Gasteiger partial charge in [0.25, 0.3) is 10.0 Å². The highest BCUT2D eigenvalue weighted by Crippen LogP contribution is 2.30. The topological polar surface area (TPSA) is 46.2 Å². The Hall–Kier alpha value is -0.820. The Morgan fingerprint density at radius 1 is 1.15 bits per heavy atom. The Morgan fingerprint density at radius 3 is 2.50 bits per heavy atom. The summed E-state index contributed by atoms with van der Waals surface area (Å²) in [7, 11) is -4.00. The predicted molar refractivity (Wildman–Crippen MR) is 81.4 cm³/mol. The highest BCUT2D eigenvalue weighted by Gasteiger charge is 2.22. The number of rotatable bonds is 3. The van der Waals surface area contributed by atoms with Crippen molar-refractivity contribution in [3.63, 3.8) is 0 Å². The van der Waals surface area contributed by atoms with Crippen LogP contribution in [-0.2, 0) is 10.0 Å². The largest absolute Gasteiger partial charge is 0.280 e. The van der Waals surface area contributed by atoms with Crippen molar-refractivity contribution in [1.82, 2.24) is 0 Å². The maximum Gasteiger partial charge on any atom is 0.263 e. The second kappa shape index (κ2) is 5.89. The lowest BCUT2D eigenvalue weighted by Gasteiger charge is -2.10. The summed E-state index contributed by atoms with van der Waals surface area (Å²) in [6.45, 7) is 0. The van der Waals surface area contributed by atoms with Gasteiger partial charge in [0.2, 0.25) is 0 Å². The van der Waals surface area contributed by atoms with Crippen molar-refractivity contribution in [2.75, 3.05) is 4.72 Å². The molecule has 0 fully saturated rings. The molecule has 0 saturated carbocycles. The van der Waals surface area contributed by atoms with Gasteiger partial charge in [0.05, 0.1) is 10.0 Å². The molecule has 8 heteroatoms. The highest BCUT2D eigenvalue weighted by atomic mass is 79.9. The summed E-state index contributed by atoms with van der Waals surface area (Å²) in [5.41, 5.74) is 0.325. The van der Waals surface area contributed by atoms with Crippen LogP contribution in [0.25, 0.3) is 0 Å². The number of sulfonamides is 1. The van der Waals surface area contributed by atoms with Crippen LogP contribution in [0, 0.1) is 5.82 Å². The molecule has 0 aromatic heterocycles. The number of benzene rings is 2. The second-order valence-corrected chi connectivity index (χ2v) is 7.14. The summed E-state index contributed by atoms with van der Waals surface area (Å²) >= 11 is 14.5. The number of halogens is 4. The van der Waals surface area contributed by atoms with Crippen LogP contribution < -0.4 is 4.72 Å². The van der Waals surface area contributed by atoms with Crippen LogP contribution in [0.4, 0.5) is 10.1 Å². The predicted octanol–water partition coefficient (Wildman–Crippen LogP) is 4.70. The van der Waals surface area contributed by atoms with Gasteiger partial charge in [-0.15, -0.1) is 0 Å². The average molecular weight is 399 g/mol. The molecule has 3 nitrogen and oxygen atoms in total. The van der Waals surface area contributed by atoms with Gasteiger partial charge in [-0.25, -0.2) is 12.8 Å². The minimum Gasteiger partial charge on any atom is -0.280 e. The number of anilines is 1. The summed E-state index contributed by atoms with van der Waals surface area (Å²) in [6, 6.07) is 8.81. The SMILES string of the molecule is O=S(=O)(Nc1cccc(Br)c1)c1ccc(Cl)c(F)c1Cl. The lowest BCUT2D eigenvalue weighted by Crippen LogP contribution is -2.14. The molecular weight excluding hydrogens is 392 g/mol. The van der Waals surface area contributed by atoms with E-state index >= 15 is 0 Å². The summed E-state index contributed by atoms with van der Waals surface area (Å²) < 4.78 is 40.9. The van der Waals surface area contributed by atoms with Gasteiger partial charge in [0, 0.05) is 10.2 Å². The van der Waals surface area contributed by atoms with Crippen molar-refractivity contribution < 1.29 is 12.8 Å². The summed E-state index contributed by atoms with van der Waals surface area (Å²) in [5.74, 6) is -0.967. The first-order valence-electron chi connectivity index (χ1n) is 5.23. The van der Waals surface area contributed by atoms with Crippen LogP contribution in [0.3, 0.4) is 0 Å². The van der Waals surface area contributed by atoms with Crippen molar-refractivity contribution in [2.24, 2.45) is 0 Å². The maximum absolute atomic E-state index is 13.6. The lowest BCUT2D eigenvalue weighted by atomic mass is 10.3. The van der Waals surface area contributed by atoms with E-state index in [1.54, 1.807) is 24.3 Å². The standard InChI is InChI=1S/C12H7BrCl2FNO2S/c13-7-2-1-3-8(6-7)17-20(18,19)10-5-4-9(14)12(16)11(10)15/h1-6,17H. The van der Waals surface area contributed by atoms with Gasteiger partial charge in [-0.1, -0.05) is 45.2 Å².